The topological polar surface area (TPSA) is 67.4 Å². The Morgan fingerprint density at radius 3 is 2.66 bits per heavy atom. The molecule has 29 heavy (non-hydrogen) atoms. The Labute approximate surface area is 176 Å². The van der Waals surface area contributed by atoms with Crippen LogP contribution in [0.1, 0.15) is 43.7 Å². The summed E-state index contributed by atoms with van der Waals surface area (Å²) in [6, 6.07) is 12.9. The number of hydrogen-bond donors (Lipinski definition) is 2. The molecule has 1 atom stereocenters. The molecule has 2 aromatic carbocycles. The Balaban J connectivity index is 1.52. The average Bonchev–Trinajstić information content (AvgIpc) is 3.23. The quantitative estimate of drug-likeness (QED) is 0.679. The van der Waals surface area contributed by atoms with Crippen molar-refractivity contribution in [2.45, 2.75) is 52.2 Å². The Bertz CT molecular complexity index is 878. The SMILES string of the molecule is Cc1cc(Cl)ccc1OC(C)C(=O)NCc1cccc(NC(=O)C2CCCC2)c1. The molecule has 0 saturated heterocycles. The van der Waals surface area contributed by atoms with E-state index in [0.717, 1.165) is 42.5 Å². The molecular weight excluding hydrogens is 388 g/mol. The molecule has 0 bridgehead atoms. The number of benzene rings is 2. The van der Waals surface area contributed by atoms with E-state index in [4.69, 9.17) is 16.3 Å². The molecule has 1 fully saturated rings. The molecule has 0 heterocycles. The van der Waals surface area contributed by atoms with Crippen molar-refractivity contribution >= 4 is 29.1 Å². The van der Waals surface area contributed by atoms with Crippen molar-refractivity contribution in [3.63, 3.8) is 0 Å². The van der Waals surface area contributed by atoms with Gasteiger partial charge in [0.05, 0.1) is 0 Å². The minimum atomic E-state index is -0.639. The molecule has 5 nitrogen and oxygen atoms in total. The van der Waals surface area contributed by atoms with E-state index in [0.29, 0.717) is 17.3 Å². The molecule has 0 radical (unpaired) electrons. The summed E-state index contributed by atoms with van der Waals surface area (Å²) in [6.45, 7) is 3.96. The third-order valence-electron chi connectivity index (χ3n) is 5.20. The largest absolute Gasteiger partial charge is 0.481 e. The van der Waals surface area contributed by atoms with E-state index in [1.807, 2.05) is 31.2 Å². The van der Waals surface area contributed by atoms with Gasteiger partial charge in [0.15, 0.2) is 6.10 Å². The zero-order valence-electron chi connectivity index (χ0n) is 16.8. The molecule has 154 valence electrons. The van der Waals surface area contributed by atoms with Crippen molar-refractivity contribution < 1.29 is 14.3 Å². The van der Waals surface area contributed by atoms with Crippen molar-refractivity contribution in [3.8, 4) is 5.75 Å². The molecule has 1 unspecified atom stereocenters. The molecule has 6 heteroatoms. The van der Waals surface area contributed by atoms with Crippen LogP contribution in [0.25, 0.3) is 0 Å². The second-order valence-corrected chi connectivity index (χ2v) is 8.00. The smallest absolute Gasteiger partial charge is 0.261 e. The molecule has 1 aliphatic carbocycles. The van der Waals surface area contributed by atoms with E-state index in [9.17, 15) is 9.59 Å². The molecular formula is C23H27ClN2O3. The van der Waals surface area contributed by atoms with E-state index in [2.05, 4.69) is 10.6 Å². The minimum absolute atomic E-state index is 0.0871. The highest BCUT2D eigenvalue weighted by Crippen LogP contribution is 2.26. The number of amides is 2. The fraction of sp³-hybridized carbons (Fsp3) is 0.391. The summed E-state index contributed by atoms with van der Waals surface area (Å²) in [5.74, 6) is 0.630. The van der Waals surface area contributed by atoms with Crippen molar-refractivity contribution in [3.05, 3.63) is 58.6 Å². The van der Waals surface area contributed by atoms with Crippen LogP contribution in [-0.4, -0.2) is 17.9 Å². The number of hydrogen-bond acceptors (Lipinski definition) is 3. The summed E-state index contributed by atoms with van der Waals surface area (Å²) in [6.07, 6.45) is 3.54. The van der Waals surface area contributed by atoms with Gasteiger partial charge in [-0.1, -0.05) is 36.6 Å². The van der Waals surface area contributed by atoms with Crippen LogP contribution in [0.4, 0.5) is 5.69 Å². The van der Waals surface area contributed by atoms with Gasteiger partial charge in [0.2, 0.25) is 5.91 Å². The fourth-order valence-electron chi connectivity index (χ4n) is 3.51. The Kier molecular flexibility index (Phi) is 7.15. The predicted octanol–water partition coefficient (Wildman–Crippen LogP) is 4.86. The molecule has 2 aromatic rings. The minimum Gasteiger partial charge on any atom is -0.481 e. The van der Waals surface area contributed by atoms with Crippen LogP contribution in [0.3, 0.4) is 0 Å². The first kappa shape index (κ1) is 21.2. The molecule has 2 N–H and O–H groups in total. The number of carbonyl (C=O) groups excluding carboxylic acids is 2. The third-order valence-corrected chi connectivity index (χ3v) is 5.43. The normalized spacial score (nSPS) is 15.0. The third kappa shape index (κ3) is 5.97. The lowest BCUT2D eigenvalue weighted by Gasteiger charge is -2.17. The summed E-state index contributed by atoms with van der Waals surface area (Å²) in [5.41, 5.74) is 2.55. The van der Waals surface area contributed by atoms with E-state index < -0.39 is 6.10 Å². The van der Waals surface area contributed by atoms with Gasteiger partial charge in [-0.3, -0.25) is 9.59 Å². The highest BCUT2D eigenvalue weighted by atomic mass is 35.5. The van der Waals surface area contributed by atoms with Gasteiger partial charge in [0.25, 0.3) is 5.91 Å². The monoisotopic (exact) mass is 414 g/mol. The number of ether oxygens (including phenoxy) is 1. The van der Waals surface area contributed by atoms with E-state index in [1.54, 1.807) is 25.1 Å². The van der Waals surface area contributed by atoms with Crippen molar-refractivity contribution in [2.24, 2.45) is 5.92 Å². The number of nitrogens with one attached hydrogen (secondary N) is 2. The summed E-state index contributed by atoms with van der Waals surface area (Å²) >= 11 is 5.95. The van der Waals surface area contributed by atoms with Crippen LogP contribution in [0.2, 0.25) is 5.02 Å². The van der Waals surface area contributed by atoms with Crippen LogP contribution >= 0.6 is 11.6 Å². The molecule has 2 amide bonds. The predicted molar refractivity (Wildman–Crippen MR) is 115 cm³/mol. The molecule has 0 aromatic heterocycles. The Hall–Kier alpha value is -2.53. The van der Waals surface area contributed by atoms with Gasteiger partial charge in [-0.05, 0) is 68.1 Å². The first-order valence-electron chi connectivity index (χ1n) is 10.0. The van der Waals surface area contributed by atoms with Gasteiger partial charge in [-0.25, -0.2) is 0 Å². The van der Waals surface area contributed by atoms with Crippen molar-refractivity contribution in [1.82, 2.24) is 5.32 Å². The zero-order chi connectivity index (χ0) is 20.8. The molecule has 1 aliphatic rings. The maximum Gasteiger partial charge on any atom is 0.261 e. The highest BCUT2D eigenvalue weighted by Gasteiger charge is 2.22. The van der Waals surface area contributed by atoms with Gasteiger partial charge in [-0.2, -0.15) is 0 Å². The molecule has 0 aliphatic heterocycles. The molecule has 1 saturated carbocycles. The lowest BCUT2D eigenvalue weighted by molar-refractivity contribution is -0.127. The van der Waals surface area contributed by atoms with Crippen LogP contribution in [0.15, 0.2) is 42.5 Å². The fourth-order valence-corrected chi connectivity index (χ4v) is 3.74. The van der Waals surface area contributed by atoms with Crippen molar-refractivity contribution in [1.29, 1.82) is 0 Å². The number of aryl methyl sites for hydroxylation is 1. The van der Waals surface area contributed by atoms with Gasteiger partial charge in [0.1, 0.15) is 5.75 Å². The zero-order valence-corrected chi connectivity index (χ0v) is 17.6. The lowest BCUT2D eigenvalue weighted by atomic mass is 10.1. The van der Waals surface area contributed by atoms with Gasteiger partial charge < -0.3 is 15.4 Å². The first-order valence-corrected chi connectivity index (χ1v) is 10.4. The lowest BCUT2D eigenvalue weighted by Crippen LogP contribution is -2.36. The maximum absolute atomic E-state index is 12.4. The maximum atomic E-state index is 12.4. The summed E-state index contributed by atoms with van der Waals surface area (Å²) in [7, 11) is 0. The van der Waals surface area contributed by atoms with E-state index >= 15 is 0 Å². The van der Waals surface area contributed by atoms with Crippen LogP contribution in [0, 0.1) is 12.8 Å². The van der Waals surface area contributed by atoms with Gasteiger partial charge in [0, 0.05) is 23.2 Å². The van der Waals surface area contributed by atoms with Gasteiger partial charge >= 0.3 is 0 Å². The Morgan fingerprint density at radius 1 is 1.17 bits per heavy atom. The summed E-state index contributed by atoms with van der Waals surface area (Å²) < 4.78 is 5.76. The number of halogens is 1. The van der Waals surface area contributed by atoms with Crippen LogP contribution < -0.4 is 15.4 Å². The molecule has 3 rings (SSSR count). The number of carbonyl (C=O) groups is 2. The Morgan fingerprint density at radius 2 is 1.93 bits per heavy atom. The summed E-state index contributed by atoms with van der Waals surface area (Å²) in [4.78, 5) is 24.7. The van der Waals surface area contributed by atoms with Crippen molar-refractivity contribution in [2.75, 3.05) is 5.32 Å². The number of anilines is 1. The molecule has 0 spiro atoms. The van der Waals surface area contributed by atoms with Crippen LogP contribution in [0.5, 0.6) is 5.75 Å². The van der Waals surface area contributed by atoms with E-state index in [-0.39, 0.29) is 17.7 Å². The second kappa shape index (κ2) is 9.79. The van der Waals surface area contributed by atoms with Crippen LogP contribution in [-0.2, 0) is 16.1 Å². The standard InChI is InChI=1S/C23H27ClN2O3/c1-15-12-19(24)10-11-21(15)29-16(2)22(27)25-14-17-6-5-9-20(13-17)26-23(28)18-7-3-4-8-18/h5-6,9-13,16,18H,3-4,7-8,14H2,1-2H3,(H,25,27)(H,26,28). The summed E-state index contributed by atoms with van der Waals surface area (Å²) in [5, 5.41) is 6.51. The van der Waals surface area contributed by atoms with Gasteiger partial charge in [-0.15, -0.1) is 0 Å². The first-order chi connectivity index (χ1) is 13.9. The highest BCUT2D eigenvalue weighted by molar-refractivity contribution is 6.30. The van der Waals surface area contributed by atoms with E-state index in [1.165, 1.54) is 0 Å². The number of rotatable bonds is 7. The second-order valence-electron chi connectivity index (χ2n) is 7.56. The average molecular weight is 415 g/mol.